The maximum absolute atomic E-state index is 13.2. The molecule has 0 bridgehead atoms. The molecule has 0 aromatic rings. The highest BCUT2D eigenvalue weighted by Crippen LogP contribution is 2.45. The minimum Gasteiger partial charge on any atom is -0.462 e. The van der Waals surface area contributed by atoms with Gasteiger partial charge in [0.25, 0.3) is 0 Å². The maximum Gasteiger partial charge on any atom is 0.472 e. The second-order valence-corrected chi connectivity index (χ2v) is 36.9. The van der Waals surface area contributed by atoms with Gasteiger partial charge in [-0.1, -0.05) is 421 Å². The topological polar surface area (TPSA) is 237 Å². The van der Waals surface area contributed by atoms with E-state index in [1.807, 2.05) is 0 Å². The van der Waals surface area contributed by atoms with Crippen LogP contribution >= 0.6 is 15.6 Å². The molecule has 109 heavy (non-hydrogen) atoms. The van der Waals surface area contributed by atoms with Gasteiger partial charge in [-0.3, -0.25) is 37.3 Å². The molecular formula is C90H176O17P2. The predicted molar refractivity (Wildman–Crippen MR) is 451 cm³/mol. The van der Waals surface area contributed by atoms with Gasteiger partial charge in [-0.15, -0.1) is 0 Å². The van der Waals surface area contributed by atoms with Crippen LogP contribution in [0, 0.1) is 23.7 Å². The summed E-state index contributed by atoms with van der Waals surface area (Å²) < 4.78 is 69.0. The van der Waals surface area contributed by atoms with E-state index in [4.69, 9.17) is 37.0 Å². The van der Waals surface area contributed by atoms with E-state index in [-0.39, 0.29) is 25.7 Å². The van der Waals surface area contributed by atoms with Crippen molar-refractivity contribution in [3.63, 3.8) is 0 Å². The second kappa shape index (κ2) is 78.6. The van der Waals surface area contributed by atoms with E-state index in [9.17, 15) is 43.2 Å². The van der Waals surface area contributed by atoms with Gasteiger partial charge in [-0.25, -0.2) is 9.13 Å². The molecule has 0 aromatic carbocycles. The molecule has 0 amide bonds. The van der Waals surface area contributed by atoms with Gasteiger partial charge in [-0.05, 0) is 49.4 Å². The summed E-state index contributed by atoms with van der Waals surface area (Å²) in [5.41, 5.74) is 0. The molecule has 6 atom stereocenters. The van der Waals surface area contributed by atoms with Gasteiger partial charge in [0.2, 0.25) is 0 Å². The summed E-state index contributed by atoms with van der Waals surface area (Å²) in [6, 6.07) is 0. The van der Waals surface area contributed by atoms with Crippen molar-refractivity contribution in [2.75, 3.05) is 39.6 Å². The lowest BCUT2D eigenvalue weighted by Crippen LogP contribution is -2.30. The van der Waals surface area contributed by atoms with Crippen LogP contribution < -0.4 is 0 Å². The Labute approximate surface area is 670 Å². The minimum atomic E-state index is -4.97. The van der Waals surface area contributed by atoms with Crippen LogP contribution in [0.2, 0.25) is 0 Å². The number of phosphoric ester groups is 2. The third-order valence-corrected chi connectivity index (χ3v) is 23.3. The Morgan fingerprint density at radius 2 is 0.440 bits per heavy atom. The normalized spacial score (nSPS) is 14.1. The molecule has 648 valence electrons. The Hall–Kier alpha value is -1.94. The number of aliphatic hydroxyl groups excluding tert-OH is 1. The number of carbonyl (C=O) groups is 4. The van der Waals surface area contributed by atoms with Crippen molar-refractivity contribution in [3.8, 4) is 0 Å². The average molecular weight is 1590 g/mol. The standard InChI is InChI=1S/C90H176O17P2/c1-9-83(8)69-61-53-44-38-32-26-22-23-29-35-41-47-57-65-72-89(94)106-85(76-100-87(92)70-62-54-45-39-33-27-20-16-12-10-14-18-24-30-36-42-50-58-66-80(2)3)78-104-108(96,97)102-74-84(91)75-103-109(98,99)105-79-86(77-101-88(93)71-63-55-49-48-52-60-68-82(6)7)107-90(95)73-64-56-46-40-34-28-21-17-13-11-15-19-25-31-37-43-51-59-67-81(4)5/h80-86,91H,9-79H2,1-8H3,(H,96,97)(H,98,99)/t83?,84?,85-,86-/m1/s1. The van der Waals surface area contributed by atoms with Crippen molar-refractivity contribution < 1.29 is 80.2 Å². The molecule has 17 nitrogen and oxygen atoms in total. The number of hydrogen-bond donors (Lipinski definition) is 3. The lowest BCUT2D eigenvalue weighted by Gasteiger charge is -2.21. The fraction of sp³-hybridized carbons (Fsp3) is 0.956. The Kier molecular flexibility index (Phi) is 77.2. The highest BCUT2D eigenvalue weighted by Gasteiger charge is 2.31. The van der Waals surface area contributed by atoms with Crippen molar-refractivity contribution in [1.82, 2.24) is 0 Å². The Morgan fingerprint density at radius 3 is 0.651 bits per heavy atom. The second-order valence-electron chi connectivity index (χ2n) is 34.0. The van der Waals surface area contributed by atoms with Crippen LogP contribution in [-0.2, 0) is 65.4 Å². The molecule has 0 saturated carbocycles. The van der Waals surface area contributed by atoms with Gasteiger partial charge in [0, 0.05) is 25.7 Å². The zero-order valence-corrected chi connectivity index (χ0v) is 74.0. The lowest BCUT2D eigenvalue weighted by molar-refractivity contribution is -0.161. The first-order chi connectivity index (χ1) is 52.6. The van der Waals surface area contributed by atoms with Crippen molar-refractivity contribution >= 4 is 39.5 Å². The van der Waals surface area contributed by atoms with Crippen LogP contribution in [0.5, 0.6) is 0 Å². The number of ether oxygens (including phenoxy) is 4. The molecule has 0 heterocycles. The van der Waals surface area contributed by atoms with E-state index in [0.717, 1.165) is 114 Å². The first-order valence-electron chi connectivity index (χ1n) is 46.2. The molecular weight excluding hydrogens is 1410 g/mol. The Morgan fingerprint density at radius 1 is 0.257 bits per heavy atom. The molecule has 0 fully saturated rings. The SMILES string of the molecule is CCC(C)CCCCCCCCCCCCCCCCC(=O)O[C@H](COC(=O)CCCCCCCCCCCCCCCCCCCCC(C)C)COP(=O)(O)OCC(O)COP(=O)(O)OC[C@@H](COC(=O)CCCCCCCCC(C)C)OC(=O)CCCCCCCCCCCCCCCCCCCCC(C)C. The lowest BCUT2D eigenvalue weighted by atomic mass is 9.99. The summed E-state index contributed by atoms with van der Waals surface area (Å²) in [4.78, 5) is 73.3. The zero-order valence-electron chi connectivity index (χ0n) is 72.2. The minimum absolute atomic E-state index is 0.107. The van der Waals surface area contributed by atoms with E-state index in [1.165, 1.54) is 270 Å². The first kappa shape index (κ1) is 107. The predicted octanol–water partition coefficient (Wildman–Crippen LogP) is 27.5. The van der Waals surface area contributed by atoms with Crippen molar-refractivity contribution in [2.45, 2.75) is 491 Å². The number of phosphoric acid groups is 2. The van der Waals surface area contributed by atoms with E-state index >= 15 is 0 Å². The Bertz CT molecular complexity index is 2110. The van der Waals surface area contributed by atoms with Gasteiger partial charge in [-0.2, -0.15) is 0 Å². The van der Waals surface area contributed by atoms with E-state index < -0.39 is 97.5 Å². The van der Waals surface area contributed by atoms with Crippen LogP contribution in [0.3, 0.4) is 0 Å². The summed E-state index contributed by atoms with van der Waals surface area (Å²) in [5, 5.41) is 10.7. The van der Waals surface area contributed by atoms with Crippen molar-refractivity contribution in [1.29, 1.82) is 0 Å². The number of rotatable bonds is 87. The summed E-state index contributed by atoms with van der Waals surface area (Å²) in [6.45, 7) is 14.4. The Balaban J connectivity index is 5.19. The third kappa shape index (κ3) is 82.4. The quantitative estimate of drug-likeness (QED) is 0.0222. The van der Waals surface area contributed by atoms with E-state index in [2.05, 4.69) is 55.4 Å². The number of hydrogen-bond acceptors (Lipinski definition) is 15. The van der Waals surface area contributed by atoms with Gasteiger partial charge in [0.05, 0.1) is 26.4 Å². The van der Waals surface area contributed by atoms with Crippen LogP contribution in [0.1, 0.15) is 473 Å². The van der Waals surface area contributed by atoms with Gasteiger partial charge in [0.1, 0.15) is 19.3 Å². The molecule has 0 aromatic heterocycles. The third-order valence-electron chi connectivity index (χ3n) is 21.4. The molecule has 0 radical (unpaired) electrons. The van der Waals surface area contributed by atoms with Gasteiger partial charge < -0.3 is 33.8 Å². The molecule has 0 rings (SSSR count). The summed E-state index contributed by atoms with van der Waals surface area (Å²) in [7, 11) is -9.93. The highest BCUT2D eigenvalue weighted by molar-refractivity contribution is 7.47. The molecule has 0 saturated heterocycles. The molecule has 0 aliphatic rings. The van der Waals surface area contributed by atoms with Crippen LogP contribution in [0.4, 0.5) is 0 Å². The monoisotopic (exact) mass is 1590 g/mol. The fourth-order valence-corrected chi connectivity index (χ4v) is 15.6. The van der Waals surface area contributed by atoms with Gasteiger partial charge in [0.15, 0.2) is 12.2 Å². The summed E-state index contributed by atoms with van der Waals surface area (Å²) in [5.74, 6) is 1.06. The van der Waals surface area contributed by atoms with Gasteiger partial charge >= 0.3 is 39.5 Å². The van der Waals surface area contributed by atoms with Crippen molar-refractivity contribution in [3.05, 3.63) is 0 Å². The smallest absolute Gasteiger partial charge is 0.462 e. The fourth-order valence-electron chi connectivity index (χ4n) is 14.0. The van der Waals surface area contributed by atoms with E-state index in [1.54, 1.807) is 0 Å². The molecule has 3 N–H and O–H groups in total. The number of unbranched alkanes of at least 4 members (excludes halogenated alkanes) is 52. The average Bonchev–Trinajstić information content (AvgIpc) is 0.898. The first-order valence-corrected chi connectivity index (χ1v) is 49.2. The molecule has 0 spiro atoms. The summed E-state index contributed by atoms with van der Waals surface area (Å²) >= 11 is 0. The summed E-state index contributed by atoms with van der Waals surface area (Å²) in [6.07, 6.45) is 69.7. The van der Waals surface area contributed by atoms with Crippen molar-refractivity contribution in [2.24, 2.45) is 23.7 Å². The highest BCUT2D eigenvalue weighted by atomic mass is 31.2. The molecule has 19 heteroatoms. The van der Waals surface area contributed by atoms with Crippen LogP contribution in [-0.4, -0.2) is 96.7 Å². The molecule has 4 unspecified atom stereocenters. The number of esters is 4. The van der Waals surface area contributed by atoms with E-state index in [0.29, 0.717) is 31.6 Å². The number of carbonyl (C=O) groups excluding carboxylic acids is 4. The largest absolute Gasteiger partial charge is 0.472 e. The number of aliphatic hydroxyl groups is 1. The van der Waals surface area contributed by atoms with Crippen LogP contribution in [0.15, 0.2) is 0 Å². The zero-order chi connectivity index (χ0) is 80.2. The molecule has 0 aliphatic carbocycles. The maximum atomic E-state index is 13.2. The van der Waals surface area contributed by atoms with Crippen LogP contribution in [0.25, 0.3) is 0 Å². The molecule has 0 aliphatic heterocycles.